The minimum Gasteiger partial charge on any atom is -0.465 e. The molecule has 0 radical (unpaired) electrons. The van der Waals surface area contributed by atoms with E-state index in [2.05, 4.69) is 10.3 Å². The number of amides is 3. The van der Waals surface area contributed by atoms with E-state index in [0.29, 0.717) is 5.69 Å². The van der Waals surface area contributed by atoms with Crippen molar-refractivity contribution in [3.63, 3.8) is 0 Å². The van der Waals surface area contributed by atoms with Gasteiger partial charge in [0.1, 0.15) is 0 Å². The number of aryl methyl sites for hydroxylation is 1. The number of hydrogen-bond donors (Lipinski definition) is 2. The van der Waals surface area contributed by atoms with Crippen LogP contribution in [-0.4, -0.2) is 54.1 Å². The normalized spacial score (nSPS) is 10.9. The van der Waals surface area contributed by atoms with Crippen molar-refractivity contribution in [2.45, 2.75) is 6.92 Å². The fraction of sp³-hybridized carbons (Fsp3) is 0.308. The Morgan fingerprint density at radius 1 is 1.15 bits per heavy atom. The Hall–Kier alpha value is -2.57. The molecule has 1 rings (SSSR count). The molecule has 20 heavy (non-hydrogen) atoms. The Morgan fingerprint density at radius 3 is 2.15 bits per heavy atom. The topological polar surface area (TPSA) is 85.2 Å². The maximum Gasteiger partial charge on any atom is 0.413 e. The highest BCUT2D eigenvalue weighted by molar-refractivity contribution is 6.02. The minimum absolute atomic E-state index is 0.0297. The maximum absolute atomic E-state index is 11.8. The summed E-state index contributed by atoms with van der Waals surface area (Å²) in [5, 5.41) is 11.5. The van der Waals surface area contributed by atoms with Crippen molar-refractivity contribution in [2.75, 3.05) is 26.5 Å². The fourth-order valence-electron chi connectivity index (χ4n) is 1.44. The van der Waals surface area contributed by atoms with Gasteiger partial charge in [0.2, 0.25) is 5.96 Å². The molecule has 0 spiro atoms. The molecule has 0 aliphatic heterocycles. The predicted molar refractivity (Wildman–Crippen MR) is 77.1 cm³/mol. The number of guanidine groups is 1. The summed E-state index contributed by atoms with van der Waals surface area (Å²) >= 11 is 0. The number of carbonyl (C=O) groups is 2. The molecule has 0 saturated carbocycles. The minimum atomic E-state index is -1.19. The van der Waals surface area contributed by atoms with Gasteiger partial charge in [-0.1, -0.05) is 17.7 Å². The quantitative estimate of drug-likeness (QED) is 0.608. The third-order valence-corrected chi connectivity index (χ3v) is 2.49. The molecular weight excluding hydrogens is 260 g/mol. The SMILES string of the molecule is Cc1ccc(NC(=O)N=C(N(C)C)N(C)C(=O)O)cc1. The molecular formula is C13H18N4O3. The van der Waals surface area contributed by atoms with E-state index >= 15 is 0 Å². The smallest absolute Gasteiger partial charge is 0.413 e. The van der Waals surface area contributed by atoms with Crippen LogP contribution >= 0.6 is 0 Å². The first-order valence-corrected chi connectivity index (χ1v) is 5.91. The van der Waals surface area contributed by atoms with Crippen LogP contribution in [0.4, 0.5) is 15.3 Å². The summed E-state index contributed by atoms with van der Waals surface area (Å²) in [6.07, 6.45) is -1.19. The summed E-state index contributed by atoms with van der Waals surface area (Å²) < 4.78 is 0. The summed E-state index contributed by atoms with van der Waals surface area (Å²) in [5.74, 6) is 0.0297. The second kappa shape index (κ2) is 6.55. The lowest BCUT2D eigenvalue weighted by molar-refractivity contribution is 0.172. The van der Waals surface area contributed by atoms with E-state index in [1.165, 1.54) is 11.9 Å². The predicted octanol–water partition coefficient (Wildman–Crippen LogP) is 2.05. The molecule has 3 amide bonds. The molecule has 0 atom stereocenters. The second-order valence-electron chi connectivity index (χ2n) is 4.44. The lowest BCUT2D eigenvalue weighted by atomic mass is 10.2. The van der Waals surface area contributed by atoms with Crippen molar-refractivity contribution in [1.82, 2.24) is 9.80 Å². The Balaban J connectivity index is 2.86. The molecule has 7 heteroatoms. The fourth-order valence-corrected chi connectivity index (χ4v) is 1.44. The van der Waals surface area contributed by atoms with Crippen molar-refractivity contribution < 1.29 is 14.7 Å². The van der Waals surface area contributed by atoms with Crippen LogP contribution in [0.25, 0.3) is 0 Å². The standard InChI is InChI=1S/C13H18N4O3/c1-9-5-7-10(8-6-9)14-11(18)15-12(16(2)3)17(4)13(19)20/h5-8H,1-4H3,(H,14,18)(H,19,20). The number of rotatable bonds is 1. The monoisotopic (exact) mass is 278 g/mol. The zero-order valence-corrected chi connectivity index (χ0v) is 11.9. The molecule has 0 aromatic heterocycles. The van der Waals surface area contributed by atoms with Crippen molar-refractivity contribution in [3.05, 3.63) is 29.8 Å². The zero-order chi connectivity index (χ0) is 15.3. The van der Waals surface area contributed by atoms with Crippen LogP contribution < -0.4 is 5.32 Å². The number of carbonyl (C=O) groups excluding carboxylic acids is 1. The first-order valence-electron chi connectivity index (χ1n) is 5.91. The van der Waals surface area contributed by atoms with Gasteiger partial charge in [-0.25, -0.2) is 9.59 Å². The first-order chi connectivity index (χ1) is 9.31. The number of urea groups is 1. The number of aliphatic imine (C=N–C) groups is 1. The molecule has 0 fully saturated rings. The van der Waals surface area contributed by atoms with Crippen LogP contribution in [0.3, 0.4) is 0 Å². The zero-order valence-electron chi connectivity index (χ0n) is 11.9. The van der Waals surface area contributed by atoms with E-state index in [9.17, 15) is 9.59 Å². The van der Waals surface area contributed by atoms with E-state index in [1.54, 1.807) is 26.2 Å². The summed E-state index contributed by atoms with van der Waals surface area (Å²) in [6.45, 7) is 1.94. The van der Waals surface area contributed by atoms with Crippen molar-refractivity contribution in [2.24, 2.45) is 4.99 Å². The van der Waals surface area contributed by atoms with Crippen LogP contribution in [0.1, 0.15) is 5.56 Å². The van der Waals surface area contributed by atoms with Gasteiger partial charge in [-0.05, 0) is 19.1 Å². The lowest BCUT2D eigenvalue weighted by Gasteiger charge is -2.21. The summed E-state index contributed by atoms with van der Waals surface area (Å²) in [7, 11) is 4.54. The molecule has 0 saturated heterocycles. The molecule has 0 unspecified atom stereocenters. The van der Waals surface area contributed by atoms with Crippen LogP contribution in [0.5, 0.6) is 0 Å². The third-order valence-electron chi connectivity index (χ3n) is 2.49. The van der Waals surface area contributed by atoms with Crippen LogP contribution in [0, 0.1) is 6.92 Å². The summed E-state index contributed by atoms with van der Waals surface area (Å²) in [6, 6.07) is 6.58. The lowest BCUT2D eigenvalue weighted by Crippen LogP contribution is -2.41. The van der Waals surface area contributed by atoms with Crippen molar-refractivity contribution in [1.29, 1.82) is 0 Å². The highest BCUT2D eigenvalue weighted by Gasteiger charge is 2.17. The molecule has 108 valence electrons. The van der Waals surface area contributed by atoms with Gasteiger partial charge in [0, 0.05) is 26.8 Å². The molecule has 0 bridgehead atoms. The third kappa shape index (κ3) is 4.27. The summed E-state index contributed by atoms with van der Waals surface area (Å²) in [4.78, 5) is 28.8. The second-order valence-corrected chi connectivity index (χ2v) is 4.44. The number of anilines is 1. The van der Waals surface area contributed by atoms with E-state index in [4.69, 9.17) is 5.11 Å². The van der Waals surface area contributed by atoms with Gasteiger partial charge in [-0.15, -0.1) is 0 Å². The Labute approximate surface area is 117 Å². The van der Waals surface area contributed by atoms with Crippen LogP contribution in [-0.2, 0) is 0 Å². The van der Waals surface area contributed by atoms with Crippen LogP contribution in [0.15, 0.2) is 29.3 Å². The van der Waals surface area contributed by atoms with Crippen LogP contribution in [0.2, 0.25) is 0 Å². The molecule has 1 aromatic carbocycles. The Morgan fingerprint density at radius 2 is 1.70 bits per heavy atom. The van der Waals surface area contributed by atoms with Gasteiger partial charge in [0.25, 0.3) is 0 Å². The van der Waals surface area contributed by atoms with Gasteiger partial charge in [0.05, 0.1) is 0 Å². The van der Waals surface area contributed by atoms with E-state index in [1.807, 2.05) is 19.1 Å². The highest BCUT2D eigenvalue weighted by Crippen LogP contribution is 2.09. The average molecular weight is 278 g/mol. The highest BCUT2D eigenvalue weighted by atomic mass is 16.4. The van der Waals surface area contributed by atoms with Gasteiger partial charge >= 0.3 is 12.1 Å². The van der Waals surface area contributed by atoms with Gasteiger partial charge in [-0.2, -0.15) is 4.99 Å². The number of nitrogens with one attached hydrogen (secondary N) is 1. The van der Waals surface area contributed by atoms with Gasteiger partial charge < -0.3 is 15.3 Å². The number of hydrogen-bond acceptors (Lipinski definition) is 2. The molecule has 2 N–H and O–H groups in total. The Kier molecular flexibility index (Phi) is 5.08. The number of benzene rings is 1. The molecule has 7 nitrogen and oxygen atoms in total. The largest absolute Gasteiger partial charge is 0.465 e. The number of nitrogens with zero attached hydrogens (tertiary/aromatic N) is 3. The average Bonchev–Trinajstić information content (AvgIpc) is 2.37. The van der Waals surface area contributed by atoms with E-state index in [0.717, 1.165) is 10.5 Å². The molecule has 0 aliphatic rings. The Bertz CT molecular complexity index is 523. The molecule has 0 heterocycles. The number of carboxylic acid groups (broad SMARTS) is 1. The molecule has 1 aromatic rings. The van der Waals surface area contributed by atoms with Gasteiger partial charge in [0.15, 0.2) is 0 Å². The van der Waals surface area contributed by atoms with Crippen molar-refractivity contribution >= 4 is 23.8 Å². The van der Waals surface area contributed by atoms with E-state index < -0.39 is 12.1 Å². The first kappa shape index (κ1) is 15.5. The summed E-state index contributed by atoms with van der Waals surface area (Å²) in [5.41, 5.74) is 1.67. The molecule has 0 aliphatic carbocycles. The van der Waals surface area contributed by atoms with E-state index in [-0.39, 0.29) is 5.96 Å². The van der Waals surface area contributed by atoms with Gasteiger partial charge in [-0.3, -0.25) is 4.90 Å². The van der Waals surface area contributed by atoms with Crippen molar-refractivity contribution in [3.8, 4) is 0 Å². The maximum atomic E-state index is 11.8.